The molecular formula is C20H22F3N3O5. The Morgan fingerprint density at radius 3 is 2.32 bits per heavy atom. The van der Waals surface area contributed by atoms with Crippen LogP contribution < -0.4 is 14.8 Å². The summed E-state index contributed by atoms with van der Waals surface area (Å²) < 4.78 is 47.2. The molecule has 0 aliphatic carbocycles. The largest absolute Gasteiger partial charge is 0.494 e. The molecule has 2 aromatic rings. The van der Waals surface area contributed by atoms with Gasteiger partial charge in [0.05, 0.1) is 11.5 Å². The van der Waals surface area contributed by atoms with E-state index >= 15 is 0 Å². The van der Waals surface area contributed by atoms with Crippen molar-refractivity contribution in [3.05, 3.63) is 58.1 Å². The lowest BCUT2D eigenvalue weighted by Crippen LogP contribution is -2.20. The number of carbonyl (C=O) groups excluding carboxylic acids is 1. The van der Waals surface area contributed by atoms with Crippen LogP contribution in [0.15, 0.2) is 42.5 Å². The Bertz CT molecular complexity index is 902. The number of nitrogens with zero attached hydrogens (tertiary/aromatic N) is 2. The predicted octanol–water partition coefficient (Wildman–Crippen LogP) is 4.12. The van der Waals surface area contributed by atoms with Gasteiger partial charge in [-0.05, 0) is 56.9 Å². The lowest BCUT2D eigenvalue weighted by molar-refractivity contribution is -0.385. The average Bonchev–Trinajstić information content (AvgIpc) is 2.70. The SMILES string of the molecule is CN(C)CCCOc1ccc(NC(=O)c2cc(OCC(F)(F)F)ccc2[N+](=O)[O-])cc1. The first kappa shape index (κ1) is 23.9. The van der Waals surface area contributed by atoms with Crippen LogP contribution in [-0.4, -0.2) is 55.8 Å². The van der Waals surface area contributed by atoms with E-state index in [9.17, 15) is 28.1 Å². The highest BCUT2D eigenvalue weighted by atomic mass is 19.4. The molecule has 2 aromatic carbocycles. The summed E-state index contributed by atoms with van der Waals surface area (Å²) in [5.41, 5.74) is -0.645. The van der Waals surface area contributed by atoms with Gasteiger partial charge in [0.2, 0.25) is 0 Å². The summed E-state index contributed by atoms with van der Waals surface area (Å²) >= 11 is 0. The molecule has 0 aliphatic rings. The summed E-state index contributed by atoms with van der Waals surface area (Å²) in [5.74, 6) is -0.580. The maximum atomic E-state index is 12.5. The number of carbonyl (C=O) groups is 1. The Morgan fingerprint density at radius 1 is 1.10 bits per heavy atom. The Morgan fingerprint density at radius 2 is 1.74 bits per heavy atom. The third-order valence-corrected chi connectivity index (χ3v) is 3.94. The van der Waals surface area contributed by atoms with E-state index in [-0.39, 0.29) is 5.75 Å². The average molecular weight is 441 g/mol. The third kappa shape index (κ3) is 8.13. The molecule has 0 aromatic heterocycles. The van der Waals surface area contributed by atoms with Crippen LogP contribution in [0.25, 0.3) is 0 Å². The molecule has 0 heterocycles. The van der Waals surface area contributed by atoms with Gasteiger partial charge in [0.15, 0.2) is 6.61 Å². The van der Waals surface area contributed by atoms with Gasteiger partial charge >= 0.3 is 6.18 Å². The first-order chi connectivity index (χ1) is 14.5. The number of nitro benzene ring substituents is 1. The van der Waals surface area contributed by atoms with Crippen molar-refractivity contribution in [2.24, 2.45) is 0 Å². The minimum absolute atomic E-state index is 0.311. The second-order valence-electron chi connectivity index (χ2n) is 6.82. The van der Waals surface area contributed by atoms with Crippen LogP contribution in [0.2, 0.25) is 0 Å². The van der Waals surface area contributed by atoms with Crippen molar-refractivity contribution in [3.8, 4) is 11.5 Å². The van der Waals surface area contributed by atoms with E-state index in [0.29, 0.717) is 18.0 Å². The Kier molecular flexibility index (Phi) is 8.20. The quantitative estimate of drug-likeness (QED) is 0.339. The van der Waals surface area contributed by atoms with Crippen LogP contribution in [-0.2, 0) is 0 Å². The highest BCUT2D eigenvalue weighted by Gasteiger charge is 2.29. The fourth-order valence-corrected chi connectivity index (χ4v) is 2.51. The number of hydrogen-bond donors (Lipinski definition) is 1. The fraction of sp³-hybridized carbons (Fsp3) is 0.350. The van der Waals surface area contributed by atoms with Crippen molar-refractivity contribution in [3.63, 3.8) is 0 Å². The molecule has 0 atom stereocenters. The lowest BCUT2D eigenvalue weighted by atomic mass is 10.1. The van der Waals surface area contributed by atoms with Gasteiger partial charge in [0.1, 0.15) is 17.1 Å². The Balaban J connectivity index is 2.06. The number of alkyl halides is 3. The normalized spacial score (nSPS) is 11.3. The maximum Gasteiger partial charge on any atom is 0.422 e. The Labute approximate surface area is 176 Å². The number of rotatable bonds is 10. The number of halogens is 3. The lowest BCUT2D eigenvalue weighted by Gasteiger charge is -2.12. The number of ether oxygens (including phenoxy) is 2. The minimum Gasteiger partial charge on any atom is -0.494 e. The van der Waals surface area contributed by atoms with Crippen LogP contribution in [0.4, 0.5) is 24.5 Å². The second kappa shape index (κ2) is 10.6. The molecule has 8 nitrogen and oxygen atoms in total. The smallest absolute Gasteiger partial charge is 0.422 e. The van der Waals surface area contributed by atoms with E-state index in [4.69, 9.17) is 4.74 Å². The van der Waals surface area contributed by atoms with Crippen molar-refractivity contribution >= 4 is 17.3 Å². The van der Waals surface area contributed by atoms with Gasteiger partial charge in [-0.25, -0.2) is 0 Å². The summed E-state index contributed by atoms with van der Waals surface area (Å²) in [6.45, 7) is -0.193. The predicted molar refractivity (Wildman–Crippen MR) is 108 cm³/mol. The van der Waals surface area contributed by atoms with Crippen LogP contribution in [0.3, 0.4) is 0 Å². The van der Waals surface area contributed by atoms with Gasteiger partial charge in [0, 0.05) is 18.3 Å². The first-order valence-corrected chi connectivity index (χ1v) is 9.22. The van der Waals surface area contributed by atoms with E-state index < -0.39 is 34.9 Å². The topological polar surface area (TPSA) is 93.9 Å². The van der Waals surface area contributed by atoms with E-state index in [1.54, 1.807) is 24.3 Å². The number of hydrogen-bond acceptors (Lipinski definition) is 6. The van der Waals surface area contributed by atoms with E-state index in [2.05, 4.69) is 10.1 Å². The van der Waals surface area contributed by atoms with Gasteiger partial charge in [0.25, 0.3) is 11.6 Å². The zero-order valence-electron chi connectivity index (χ0n) is 16.9. The molecule has 0 saturated heterocycles. The summed E-state index contributed by atoms with van der Waals surface area (Å²) in [6, 6.07) is 9.19. The van der Waals surface area contributed by atoms with E-state index in [1.165, 1.54) is 0 Å². The molecule has 11 heteroatoms. The van der Waals surface area contributed by atoms with Crippen molar-refractivity contribution in [1.82, 2.24) is 4.90 Å². The van der Waals surface area contributed by atoms with Gasteiger partial charge in [-0.1, -0.05) is 0 Å². The zero-order valence-corrected chi connectivity index (χ0v) is 16.9. The summed E-state index contributed by atoms with van der Waals surface area (Å²) in [5, 5.41) is 13.7. The summed E-state index contributed by atoms with van der Waals surface area (Å²) in [6.07, 6.45) is -3.75. The van der Waals surface area contributed by atoms with Gasteiger partial charge < -0.3 is 19.7 Å². The fourth-order valence-electron chi connectivity index (χ4n) is 2.51. The number of benzene rings is 2. The van der Waals surface area contributed by atoms with E-state index in [1.807, 2.05) is 19.0 Å². The molecule has 0 aliphatic heterocycles. The molecule has 1 N–H and O–H groups in total. The molecule has 2 rings (SSSR count). The summed E-state index contributed by atoms with van der Waals surface area (Å²) in [7, 11) is 3.92. The van der Waals surface area contributed by atoms with Crippen molar-refractivity contribution in [2.75, 3.05) is 39.2 Å². The van der Waals surface area contributed by atoms with Crippen molar-refractivity contribution in [2.45, 2.75) is 12.6 Å². The number of nitro groups is 1. The number of nitrogens with one attached hydrogen (secondary N) is 1. The molecule has 0 bridgehead atoms. The molecule has 1 amide bonds. The molecule has 0 fully saturated rings. The third-order valence-electron chi connectivity index (χ3n) is 3.94. The molecule has 0 radical (unpaired) electrons. The van der Waals surface area contributed by atoms with Gasteiger partial charge in [-0.3, -0.25) is 14.9 Å². The zero-order chi connectivity index (χ0) is 23.0. The maximum absolute atomic E-state index is 12.5. The minimum atomic E-state index is -4.58. The second-order valence-corrected chi connectivity index (χ2v) is 6.82. The van der Waals surface area contributed by atoms with Crippen LogP contribution in [0, 0.1) is 10.1 Å². The van der Waals surface area contributed by atoms with Crippen molar-refractivity contribution in [1.29, 1.82) is 0 Å². The summed E-state index contributed by atoms with van der Waals surface area (Å²) in [4.78, 5) is 25.0. The van der Waals surface area contributed by atoms with Crippen LogP contribution in [0.1, 0.15) is 16.8 Å². The van der Waals surface area contributed by atoms with Crippen molar-refractivity contribution < 1.29 is 32.4 Å². The molecule has 0 spiro atoms. The standard InChI is InChI=1S/C20H22F3N3O5/c1-25(2)10-3-11-30-15-6-4-14(5-7-15)24-19(27)17-12-16(31-13-20(21,22)23)8-9-18(17)26(28)29/h4-9,12H,3,10-11,13H2,1-2H3,(H,24,27). The highest BCUT2D eigenvalue weighted by molar-refractivity contribution is 6.07. The highest BCUT2D eigenvalue weighted by Crippen LogP contribution is 2.27. The van der Waals surface area contributed by atoms with Crippen LogP contribution in [0.5, 0.6) is 11.5 Å². The first-order valence-electron chi connectivity index (χ1n) is 9.22. The number of amides is 1. The van der Waals surface area contributed by atoms with Gasteiger partial charge in [-0.15, -0.1) is 0 Å². The molecule has 0 saturated carbocycles. The van der Waals surface area contributed by atoms with Gasteiger partial charge in [-0.2, -0.15) is 13.2 Å². The molecule has 31 heavy (non-hydrogen) atoms. The monoisotopic (exact) mass is 441 g/mol. The Hall–Kier alpha value is -3.34. The van der Waals surface area contributed by atoms with Crippen LogP contribution >= 0.6 is 0 Å². The molecular weight excluding hydrogens is 419 g/mol. The van der Waals surface area contributed by atoms with E-state index in [0.717, 1.165) is 31.2 Å². The molecule has 0 unspecified atom stereocenters. The molecule has 168 valence electrons. The number of anilines is 1.